The molecule has 1 heterocycles. The summed E-state index contributed by atoms with van der Waals surface area (Å²) in [4.78, 5) is 37.2. The third-order valence-electron chi connectivity index (χ3n) is 3.96. The Balaban J connectivity index is 2.09. The fraction of sp³-hybridized carbons (Fsp3) is 0.769. The molecule has 0 atom stereocenters. The molecule has 0 aromatic heterocycles. The molecule has 6 nitrogen and oxygen atoms in total. The predicted molar refractivity (Wildman–Crippen MR) is 69.4 cm³/mol. The standard InChI is InChI=1S/C13H21N3O3/c1-2-8-14-10(17)9-16-12(19)15-11(18)13(16)6-4-3-5-7-13/h2-9H2,1H3,(H,14,17)(H,15,18,19). The van der Waals surface area contributed by atoms with Gasteiger partial charge in [-0.25, -0.2) is 4.79 Å². The van der Waals surface area contributed by atoms with Crippen LogP contribution in [-0.4, -0.2) is 41.4 Å². The first kappa shape index (κ1) is 13.8. The highest BCUT2D eigenvalue weighted by Crippen LogP contribution is 2.36. The second-order valence-electron chi connectivity index (χ2n) is 5.29. The summed E-state index contributed by atoms with van der Waals surface area (Å²) in [6, 6.07) is -0.432. The van der Waals surface area contributed by atoms with Gasteiger partial charge in [0.05, 0.1) is 0 Å². The van der Waals surface area contributed by atoms with Crippen LogP contribution in [0.25, 0.3) is 0 Å². The number of nitrogens with zero attached hydrogens (tertiary/aromatic N) is 1. The first-order chi connectivity index (χ1) is 9.10. The Bertz CT molecular complexity index is 389. The van der Waals surface area contributed by atoms with Gasteiger partial charge in [-0.3, -0.25) is 14.9 Å². The molecule has 1 spiro atoms. The maximum absolute atomic E-state index is 12.1. The molecule has 2 N–H and O–H groups in total. The number of carbonyl (C=O) groups excluding carboxylic acids is 3. The Morgan fingerprint density at radius 2 is 2.00 bits per heavy atom. The molecular formula is C13H21N3O3. The molecule has 0 radical (unpaired) electrons. The minimum atomic E-state index is -0.779. The fourth-order valence-electron chi connectivity index (χ4n) is 2.92. The van der Waals surface area contributed by atoms with Crippen molar-refractivity contribution in [3.63, 3.8) is 0 Å². The summed E-state index contributed by atoms with van der Waals surface area (Å²) < 4.78 is 0. The minimum Gasteiger partial charge on any atom is -0.355 e. The normalized spacial score (nSPS) is 21.6. The maximum atomic E-state index is 12.1. The molecule has 0 unspecified atom stereocenters. The van der Waals surface area contributed by atoms with E-state index in [1.807, 2.05) is 6.92 Å². The van der Waals surface area contributed by atoms with Crippen molar-refractivity contribution in [3.05, 3.63) is 0 Å². The molecule has 0 aromatic rings. The van der Waals surface area contributed by atoms with Gasteiger partial charge in [-0.15, -0.1) is 0 Å². The third-order valence-corrected chi connectivity index (χ3v) is 3.96. The Hall–Kier alpha value is -1.59. The summed E-state index contributed by atoms with van der Waals surface area (Å²) in [7, 11) is 0. The SMILES string of the molecule is CCCNC(=O)CN1C(=O)NC(=O)C12CCCCC2. The second-order valence-corrected chi connectivity index (χ2v) is 5.29. The van der Waals surface area contributed by atoms with Crippen LogP contribution < -0.4 is 10.6 Å². The van der Waals surface area contributed by atoms with Gasteiger partial charge in [0.2, 0.25) is 5.91 Å². The summed E-state index contributed by atoms with van der Waals surface area (Å²) in [6.45, 7) is 2.53. The van der Waals surface area contributed by atoms with Gasteiger partial charge in [0.1, 0.15) is 12.1 Å². The molecule has 0 bridgehead atoms. The Kier molecular flexibility index (Phi) is 4.07. The third kappa shape index (κ3) is 2.57. The summed E-state index contributed by atoms with van der Waals surface area (Å²) in [5.41, 5.74) is -0.779. The summed E-state index contributed by atoms with van der Waals surface area (Å²) >= 11 is 0. The van der Waals surface area contributed by atoms with Crippen LogP contribution in [0.1, 0.15) is 45.4 Å². The molecule has 6 heteroatoms. The number of carbonyl (C=O) groups is 3. The highest BCUT2D eigenvalue weighted by molar-refractivity contribution is 6.08. The topological polar surface area (TPSA) is 78.5 Å². The molecule has 1 aliphatic carbocycles. The fourth-order valence-corrected chi connectivity index (χ4v) is 2.92. The van der Waals surface area contributed by atoms with Crippen LogP contribution in [0.15, 0.2) is 0 Å². The molecule has 106 valence electrons. The average Bonchev–Trinajstić information content (AvgIpc) is 2.62. The van der Waals surface area contributed by atoms with E-state index in [2.05, 4.69) is 10.6 Å². The molecule has 1 aliphatic heterocycles. The zero-order valence-corrected chi connectivity index (χ0v) is 11.3. The van der Waals surface area contributed by atoms with Crippen LogP contribution in [0.4, 0.5) is 4.79 Å². The van der Waals surface area contributed by atoms with Crippen LogP contribution in [0.2, 0.25) is 0 Å². The first-order valence-electron chi connectivity index (χ1n) is 7.00. The first-order valence-corrected chi connectivity index (χ1v) is 7.00. The largest absolute Gasteiger partial charge is 0.355 e. The summed E-state index contributed by atoms with van der Waals surface area (Å²) in [5, 5.41) is 5.10. The molecule has 2 rings (SSSR count). The predicted octanol–water partition coefficient (Wildman–Crippen LogP) is 0.767. The zero-order chi connectivity index (χ0) is 13.9. The molecule has 19 heavy (non-hydrogen) atoms. The van der Waals surface area contributed by atoms with Crippen molar-refractivity contribution in [3.8, 4) is 0 Å². The summed E-state index contributed by atoms with van der Waals surface area (Å²) in [6.07, 6.45) is 5.10. The number of hydrogen-bond donors (Lipinski definition) is 2. The number of nitrogens with one attached hydrogen (secondary N) is 2. The van der Waals surface area contributed by atoms with Gasteiger partial charge in [-0.2, -0.15) is 0 Å². The number of imide groups is 1. The van der Waals surface area contributed by atoms with Crippen LogP contribution in [0.3, 0.4) is 0 Å². The van der Waals surface area contributed by atoms with Gasteiger partial charge in [0.25, 0.3) is 5.91 Å². The van der Waals surface area contributed by atoms with E-state index in [0.717, 1.165) is 25.7 Å². The number of hydrogen-bond acceptors (Lipinski definition) is 3. The molecule has 2 aliphatic rings. The molecular weight excluding hydrogens is 246 g/mol. The van der Waals surface area contributed by atoms with Crippen LogP contribution in [0, 0.1) is 0 Å². The van der Waals surface area contributed by atoms with Crippen molar-refractivity contribution in [1.82, 2.24) is 15.5 Å². The van der Waals surface area contributed by atoms with Crippen LogP contribution in [-0.2, 0) is 9.59 Å². The Labute approximate surface area is 112 Å². The van der Waals surface area contributed by atoms with Crippen molar-refractivity contribution in [2.45, 2.75) is 51.0 Å². The highest BCUT2D eigenvalue weighted by atomic mass is 16.2. The van der Waals surface area contributed by atoms with Gasteiger partial charge in [-0.05, 0) is 19.3 Å². The average molecular weight is 267 g/mol. The van der Waals surface area contributed by atoms with E-state index >= 15 is 0 Å². The van der Waals surface area contributed by atoms with Crippen molar-refractivity contribution in [2.24, 2.45) is 0 Å². The van der Waals surface area contributed by atoms with Crippen LogP contribution >= 0.6 is 0 Å². The number of amides is 4. The molecule has 4 amide bonds. The highest BCUT2D eigenvalue weighted by Gasteiger charge is 2.53. The number of urea groups is 1. The lowest BCUT2D eigenvalue weighted by Gasteiger charge is -2.37. The van der Waals surface area contributed by atoms with Gasteiger partial charge in [0.15, 0.2) is 0 Å². The van der Waals surface area contributed by atoms with Crippen molar-refractivity contribution in [2.75, 3.05) is 13.1 Å². The quantitative estimate of drug-likeness (QED) is 0.738. The summed E-state index contributed by atoms with van der Waals surface area (Å²) in [5.74, 6) is -0.433. The lowest BCUT2D eigenvalue weighted by molar-refractivity contribution is -0.130. The van der Waals surface area contributed by atoms with Gasteiger partial charge in [-0.1, -0.05) is 26.2 Å². The second kappa shape index (κ2) is 5.59. The molecule has 1 saturated heterocycles. The molecule has 2 fully saturated rings. The van der Waals surface area contributed by atoms with Crippen LogP contribution in [0.5, 0.6) is 0 Å². The van der Waals surface area contributed by atoms with Crippen molar-refractivity contribution >= 4 is 17.8 Å². The van der Waals surface area contributed by atoms with E-state index in [4.69, 9.17) is 0 Å². The van der Waals surface area contributed by atoms with Crippen molar-refractivity contribution in [1.29, 1.82) is 0 Å². The Morgan fingerprint density at radius 1 is 1.32 bits per heavy atom. The van der Waals surface area contributed by atoms with E-state index in [9.17, 15) is 14.4 Å². The molecule has 0 aromatic carbocycles. The minimum absolute atomic E-state index is 0.0302. The van der Waals surface area contributed by atoms with Gasteiger partial charge < -0.3 is 10.2 Å². The monoisotopic (exact) mass is 267 g/mol. The smallest absolute Gasteiger partial charge is 0.325 e. The lowest BCUT2D eigenvalue weighted by Crippen LogP contribution is -2.53. The lowest BCUT2D eigenvalue weighted by atomic mass is 9.80. The van der Waals surface area contributed by atoms with Gasteiger partial charge >= 0.3 is 6.03 Å². The van der Waals surface area contributed by atoms with E-state index in [1.54, 1.807) is 0 Å². The van der Waals surface area contributed by atoms with E-state index < -0.39 is 11.6 Å². The van der Waals surface area contributed by atoms with Gasteiger partial charge in [0, 0.05) is 6.54 Å². The van der Waals surface area contributed by atoms with E-state index in [1.165, 1.54) is 4.90 Å². The van der Waals surface area contributed by atoms with E-state index in [0.29, 0.717) is 19.4 Å². The van der Waals surface area contributed by atoms with Crippen molar-refractivity contribution < 1.29 is 14.4 Å². The molecule has 1 saturated carbocycles. The number of rotatable bonds is 4. The maximum Gasteiger partial charge on any atom is 0.325 e. The van der Waals surface area contributed by atoms with E-state index in [-0.39, 0.29) is 18.4 Å². The zero-order valence-electron chi connectivity index (χ0n) is 11.3. The Morgan fingerprint density at radius 3 is 2.63 bits per heavy atom.